The maximum atomic E-state index is 13.5. The normalized spacial score (nSPS) is 10.7. The van der Waals surface area contributed by atoms with Crippen molar-refractivity contribution in [1.82, 2.24) is 0 Å². The quantitative estimate of drug-likeness (QED) is 0.433. The minimum Gasteiger partial charge on any atom is -0.494 e. The van der Waals surface area contributed by atoms with Crippen LogP contribution in [0.4, 0.5) is 4.39 Å². The SMILES string of the molecule is COc1ccc(C(=O)COC(=O)/C=C/c2ccc(Br)o2)cc1F. The number of ether oxygens (including phenoxy) is 2. The summed E-state index contributed by atoms with van der Waals surface area (Å²) in [5, 5.41) is 0. The number of Topliss-reactive ketones (excluding diaryl/α,β-unsaturated/α-hetero) is 1. The number of rotatable bonds is 6. The molecule has 0 aliphatic heterocycles. The lowest BCUT2D eigenvalue weighted by Crippen LogP contribution is -2.12. The summed E-state index contributed by atoms with van der Waals surface area (Å²) in [5.74, 6) is -1.40. The van der Waals surface area contributed by atoms with Crippen molar-refractivity contribution >= 4 is 33.8 Å². The van der Waals surface area contributed by atoms with Crippen LogP contribution in [0.5, 0.6) is 5.75 Å². The van der Waals surface area contributed by atoms with Crippen molar-refractivity contribution in [3.05, 3.63) is 58.2 Å². The molecule has 0 N–H and O–H groups in total. The Morgan fingerprint density at radius 3 is 2.70 bits per heavy atom. The first-order valence-electron chi connectivity index (χ1n) is 6.46. The van der Waals surface area contributed by atoms with E-state index in [2.05, 4.69) is 15.9 Å². The number of furan rings is 1. The number of methoxy groups -OCH3 is 1. The van der Waals surface area contributed by atoms with Gasteiger partial charge in [0.1, 0.15) is 5.76 Å². The summed E-state index contributed by atoms with van der Waals surface area (Å²) < 4.78 is 28.8. The first-order chi connectivity index (χ1) is 11.0. The predicted molar refractivity (Wildman–Crippen MR) is 83.7 cm³/mol. The zero-order valence-corrected chi connectivity index (χ0v) is 13.6. The average molecular weight is 383 g/mol. The van der Waals surface area contributed by atoms with Crippen LogP contribution in [0, 0.1) is 5.82 Å². The number of hydrogen-bond donors (Lipinski definition) is 0. The molecule has 1 aromatic carbocycles. The lowest BCUT2D eigenvalue weighted by Gasteiger charge is -2.05. The molecule has 2 aromatic rings. The van der Waals surface area contributed by atoms with Crippen LogP contribution in [0.2, 0.25) is 0 Å². The smallest absolute Gasteiger partial charge is 0.331 e. The van der Waals surface area contributed by atoms with Crippen LogP contribution in [0.3, 0.4) is 0 Å². The molecular weight excluding hydrogens is 371 g/mol. The fraction of sp³-hybridized carbons (Fsp3) is 0.125. The van der Waals surface area contributed by atoms with Crippen LogP contribution in [0.25, 0.3) is 6.08 Å². The van der Waals surface area contributed by atoms with Gasteiger partial charge in [-0.3, -0.25) is 4.79 Å². The van der Waals surface area contributed by atoms with Crippen LogP contribution in [-0.4, -0.2) is 25.5 Å². The van der Waals surface area contributed by atoms with E-state index in [0.717, 1.165) is 12.1 Å². The second-order valence-electron chi connectivity index (χ2n) is 4.36. The molecule has 5 nitrogen and oxygen atoms in total. The minimum atomic E-state index is -0.708. The molecule has 0 aliphatic rings. The highest BCUT2D eigenvalue weighted by atomic mass is 79.9. The van der Waals surface area contributed by atoms with Crippen LogP contribution in [-0.2, 0) is 9.53 Å². The summed E-state index contributed by atoms with van der Waals surface area (Å²) in [4.78, 5) is 23.4. The van der Waals surface area contributed by atoms with E-state index in [-0.39, 0.29) is 11.3 Å². The second kappa shape index (κ2) is 7.73. The van der Waals surface area contributed by atoms with Gasteiger partial charge < -0.3 is 13.9 Å². The Kier molecular flexibility index (Phi) is 5.70. The van der Waals surface area contributed by atoms with Gasteiger partial charge in [0.25, 0.3) is 0 Å². The van der Waals surface area contributed by atoms with Crippen LogP contribution in [0.1, 0.15) is 16.1 Å². The van der Waals surface area contributed by atoms with Crippen LogP contribution >= 0.6 is 15.9 Å². The van der Waals surface area contributed by atoms with Gasteiger partial charge in [-0.05, 0) is 52.3 Å². The number of esters is 1. The molecular formula is C16H12BrFO5. The lowest BCUT2D eigenvalue weighted by molar-refractivity contribution is -0.136. The maximum absolute atomic E-state index is 13.5. The molecule has 0 fully saturated rings. The molecule has 0 saturated carbocycles. The molecule has 0 saturated heterocycles. The molecule has 0 amide bonds. The predicted octanol–water partition coefficient (Wildman–Crippen LogP) is 3.63. The Morgan fingerprint density at radius 2 is 2.09 bits per heavy atom. The third kappa shape index (κ3) is 4.79. The van der Waals surface area contributed by atoms with E-state index in [4.69, 9.17) is 13.9 Å². The van der Waals surface area contributed by atoms with E-state index in [0.29, 0.717) is 10.4 Å². The van der Waals surface area contributed by atoms with Crippen molar-refractivity contribution in [3.63, 3.8) is 0 Å². The lowest BCUT2D eigenvalue weighted by atomic mass is 10.1. The Hall–Kier alpha value is -2.41. The van der Waals surface area contributed by atoms with Crippen LogP contribution in [0.15, 0.2) is 45.5 Å². The fourth-order valence-corrected chi connectivity index (χ4v) is 2.00. The van der Waals surface area contributed by atoms with Gasteiger partial charge in [-0.15, -0.1) is 0 Å². The van der Waals surface area contributed by atoms with Crippen molar-refractivity contribution < 1.29 is 27.9 Å². The summed E-state index contributed by atoms with van der Waals surface area (Å²) in [5.41, 5.74) is 0.0926. The average Bonchev–Trinajstić information content (AvgIpc) is 2.96. The molecule has 2 rings (SSSR count). The maximum Gasteiger partial charge on any atom is 0.331 e. The van der Waals surface area contributed by atoms with Gasteiger partial charge in [-0.1, -0.05) is 0 Å². The molecule has 7 heteroatoms. The van der Waals surface area contributed by atoms with Crippen molar-refractivity contribution in [2.75, 3.05) is 13.7 Å². The van der Waals surface area contributed by atoms with Crippen molar-refractivity contribution in [3.8, 4) is 5.75 Å². The molecule has 0 unspecified atom stereocenters. The van der Waals surface area contributed by atoms with Gasteiger partial charge >= 0.3 is 5.97 Å². The number of carbonyl (C=O) groups excluding carboxylic acids is 2. The molecule has 1 aromatic heterocycles. The molecule has 120 valence electrons. The van der Waals surface area contributed by atoms with Crippen molar-refractivity contribution in [2.45, 2.75) is 0 Å². The first kappa shape index (κ1) is 17.0. The standard InChI is InChI=1S/C16H12BrFO5/c1-21-14-5-2-10(8-12(14)18)13(19)9-22-16(20)7-4-11-3-6-15(17)23-11/h2-8H,9H2,1H3/b7-4+. The van der Waals surface area contributed by atoms with E-state index >= 15 is 0 Å². The molecule has 0 bridgehead atoms. The monoisotopic (exact) mass is 382 g/mol. The molecule has 0 atom stereocenters. The number of hydrogen-bond acceptors (Lipinski definition) is 5. The highest BCUT2D eigenvalue weighted by Gasteiger charge is 2.12. The summed E-state index contributed by atoms with van der Waals surface area (Å²) >= 11 is 3.13. The molecule has 0 spiro atoms. The third-order valence-corrected chi connectivity index (χ3v) is 3.22. The summed E-state index contributed by atoms with van der Waals surface area (Å²) in [6, 6.07) is 7.09. The first-order valence-corrected chi connectivity index (χ1v) is 7.26. The zero-order valence-electron chi connectivity index (χ0n) is 12.0. The van der Waals surface area contributed by atoms with E-state index < -0.39 is 24.2 Å². The van der Waals surface area contributed by atoms with E-state index in [1.54, 1.807) is 12.1 Å². The fourth-order valence-electron chi connectivity index (χ4n) is 1.68. The molecule has 23 heavy (non-hydrogen) atoms. The molecule has 0 radical (unpaired) electrons. The highest BCUT2D eigenvalue weighted by Crippen LogP contribution is 2.18. The van der Waals surface area contributed by atoms with Crippen molar-refractivity contribution in [2.24, 2.45) is 0 Å². The summed E-state index contributed by atoms with van der Waals surface area (Å²) in [7, 11) is 1.32. The second-order valence-corrected chi connectivity index (χ2v) is 5.14. The number of carbonyl (C=O) groups is 2. The van der Waals surface area contributed by atoms with Gasteiger partial charge in [0.05, 0.1) is 7.11 Å². The number of ketones is 1. The number of halogens is 2. The minimum absolute atomic E-state index is 0.0334. The van der Waals surface area contributed by atoms with E-state index in [9.17, 15) is 14.0 Å². The molecule has 1 heterocycles. The van der Waals surface area contributed by atoms with Gasteiger partial charge in [0.15, 0.2) is 28.6 Å². The highest BCUT2D eigenvalue weighted by molar-refractivity contribution is 9.10. The Balaban J connectivity index is 1.89. The van der Waals surface area contributed by atoms with Gasteiger partial charge in [0.2, 0.25) is 0 Å². The Morgan fingerprint density at radius 1 is 1.30 bits per heavy atom. The summed E-state index contributed by atoms with van der Waals surface area (Å²) in [6.45, 7) is -0.489. The topological polar surface area (TPSA) is 65.7 Å². The Bertz CT molecular complexity index is 751. The van der Waals surface area contributed by atoms with E-state index in [1.807, 2.05) is 0 Å². The largest absolute Gasteiger partial charge is 0.494 e. The zero-order chi connectivity index (χ0) is 16.8. The van der Waals surface area contributed by atoms with E-state index in [1.165, 1.54) is 25.3 Å². The molecule has 0 aliphatic carbocycles. The van der Waals surface area contributed by atoms with Gasteiger partial charge in [0, 0.05) is 11.6 Å². The van der Waals surface area contributed by atoms with Crippen LogP contribution < -0.4 is 4.74 Å². The number of benzene rings is 1. The van der Waals surface area contributed by atoms with Crippen molar-refractivity contribution in [1.29, 1.82) is 0 Å². The van der Waals surface area contributed by atoms with Gasteiger partial charge in [-0.2, -0.15) is 0 Å². The Labute approximate surface area is 139 Å². The third-order valence-electron chi connectivity index (χ3n) is 2.80. The summed E-state index contributed by atoms with van der Waals surface area (Å²) in [6.07, 6.45) is 2.54. The van der Waals surface area contributed by atoms with Gasteiger partial charge in [-0.25, -0.2) is 9.18 Å².